The van der Waals surface area contributed by atoms with Crippen molar-refractivity contribution in [1.29, 1.82) is 0 Å². The maximum atomic E-state index is 12.8. The van der Waals surface area contributed by atoms with Gasteiger partial charge in [-0.15, -0.1) is 5.10 Å². The second-order valence-corrected chi connectivity index (χ2v) is 7.46. The number of aromatic nitrogens is 3. The monoisotopic (exact) mass is 407 g/mol. The van der Waals surface area contributed by atoms with E-state index in [1.54, 1.807) is 0 Å². The van der Waals surface area contributed by atoms with Crippen LogP contribution in [0.2, 0.25) is 0 Å². The first-order valence-electron chi connectivity index (χ1n) is 9.24. The fourth-order valence-corrected chi connectivity index (χ4v) is 4.06. The van der Waals surface area contributed by atoms with Crippen molar-refractivity contribution in [2.75, 3.05) is 13.2 Å². The zero-order valence-corrected chi connectivity index (χ0v) is 16.4. The van der Waals surface area contributed by atoms with Crippen molar-refractivity contribution in [3.63, 3.8) is 0 Å². The Kier molecular flexibility index (Phi) is 4.40. The Balaban J connectivity index is 1.46. The Morgan fingerprint density at radius 3 is 2.93 bits per heavy atom. The molecule has 0 fully saturated rings. The third kappa shape index (κ3) is 3.31. The maximum absolute atomic E-state index is 12.8. The van der Waals surface area contributed by atoms with Crippen LogP contribution in [0.5, 0.6) is 17.2 Å². The number of fused-ring (bicyclic) bond motifs is 2. The average Bonchev–Trinajstić information content (AvgIpc) is 3.28. The van der Waals surface area contributed by atoms with Crippen LogP contribution in [0, 0.1) is 0 Å². The van der Waals surface area contributed by atoms with E-state index in [1.807, 2.05) is 61.5 Å². The molecule has 3 heterocycles. The molecule has 7 nitrogen and oxygen atoms in total. The molecule has 0 bridgehead atoms. The predicted octanol–water partition coefficient (Wildman–Crippen LogP) is 2.61. The van der Waals surface area contributed by atoms with Gasteiger partial charge in [-0.25, -0.2) is 0 Å². The Hall–Kier alpha value is -3.39. The highest BCUT2D eigenvalue weighted by atomic mass is 32.1. The summed E-state index contributed by atoms with van der Waals surface area (Å²) >= 11 is 1.29. The summed E-state index contributed by atoms with van der Waals surface area (Å²) in [5, 5.41) is 4.37. The lowest BCUT2D eigenvalue weighted by molar-refractivity contribution is 0.0852. The van der Waals surface area contributed by atoms with Crippen LogP contribution in [0.1, 0.15) is 24.4 Å². The first kappa shape index (κ1) is 17.7. The molecule has 29 heavy (non-hydrogen) atoms. The normalized spacial score (nSPS) is 16.3. The van der Waals surface area contributed by atoms with Gasteiger partial charge in [-0.3, -0.25) is 4.79 Å². The second kappa shape index (κ2) is 7.21. The third-order valence-corrected chi connectivity index (χ3v) is 5.42. The van der Waals surface area contributed by atoms with E-state index >= 15 is 0 Å². The smallest absolute Gasteiger partial charge is 0.291 e. The molecule has 0 saturated carbocycles. The van der Waals surface area contributed by atoms with E-state index in [0.29, 0.717) is 40.0 Å². The van der Waals surface area contributed by atoms with E-state index < -0.39 is 6.10 Å². The summed E-state index contributed by atoms with van der Waals surface area (Å²) in [7, 11) is 0. The first-order valence-corrected chi connectivity index (χ1v) is 10.1. The number of ether oxygens (including phenoxy) is 3. The van der Waals surface area contributed by atoms with Crippen LogP contribution in [0.15, 0.2) is 53.3 Å². The van der Waals surface area contributed by atoms with E-state index in [4.69, 9.17) is 14.2 Å². The van der Waals surface area contributed by atoms with Crippen LogP contribution in [-0.2, 0) is 0 Å². The summed E-state index contributed by atoms with van der Waals surface area (Å²) in [4.78, 5) is 17.8. The lowest BCUT2D eigenvalue weighted by Crippen LogP contribution is -2.26. The number of hydrogen-bond donors (Lipinski definition) is 0. The quantitative estimate of drug-likeness (QED) is 0.518. The summed E-state index contributed by atoms with van der Waals surface area (Å²) in [6, 6.07) is 15.1. The van der Waals surface area contributed by atoms with Crippen molar-refractivity contribution in [2.45, 2.75) is 13.0 Å². The molecule has 2 aromatic carbocycles. The molecule has 4 aromatic rings. The fraction of sp³-hybridized carbons (Fsp3) is 0.190. The molecule has 0 radical (unpaired) electrons. The van der Waals surface area contributed by atoms with Gasteiger partial charge < -0.3 is 14.2 Å². The molecular formula is C21H17N3O4S. The van der Waals surface area contributed by atoms with E-state index in [1.165, 1.54) is 15.9 Å². The van der Waals surface area contributed by atoms with Gasteiger partial charge >= 0.3 is 0 Å². The molecule has 1 aliphatic rings. The zero-order chi connectivity index (χ0) is 19.8. The molecule has 8 heteroatoms. The van der Waals surface area contributed by atoms with E-state index in [0.717, 1.165) is 11.3 Å². The summed E-state index contributed by atoms with van der Waals surface area (Å²) in [5.41, 5.74) is 0.682. The standard InChI is InChI=1S/C21H17N3O4S/c1-2-26-14-7-5-6-13(10-14)11-18-20(25)24-21(29-18)22-19(23-24)17-12-27-15-8-3-4-9-16(15)28-17/h3-11,17H,2,12H2,1H3. The van der Waals surface area contributed by atoms with Crippen molar-refractivity contribution >= 4 is 22.4 Å². The molecule has 2 aromatic heterocycles. The molecule has 1 aliphatic heterocycles. The van der Waals surface area contributed by atoms with Gasteiger partial charge in [0.25, 0.3) is 5.56 Å². The highest BCUT2D eigenvalue weighted by Crippen LogP contribution is 2.35. The minimum atomic E-state index is -0.452. The molecule has 5 rings (SSSR count). The fourth-order valence-electron chi connectivity index (χ4n) is 3.14. The van der Waals surface area contributed by atoms with Gasteiger partial charge in [0.05, 0.1) is 11.1 Å². The van der Waals surface area contributed by atoms with E-state index in [9.17, 15) is 4.79 Å². The average molecular weight is 407 g/mol. The van der Waals surface area contributed by atoms with E-state index in [2.05, 4.69) is 10.1 Å². The van der Waals surface area contributed by atoms with Crippen LogP contribution in [-0.4, -0.2) is 27.8 Å². The third-order valence-electron chi connectivity index (χ3n) is 4.46. The Labute approximate surface area is 169 Å². The second-order valence-electron chi connectivity index (χ2n) is 6.45. The number of hydrogen-bond acceptors (Lipinski definition) is 7. The summed E-state index contributed by atoms with van der Waals surface area (Å²) in [6.45, 7) is 2.82. The van der Waals surface area contributed by atoms with Gasteiger partial charge in [-0.1, -0.05) is 35.6 Å². The summed E-state index contributed by atoms with van der Waals surface area (Å²) < 4.78 is 19.1. The van der Waals surface area contributed by atoms with Crippen LogP contribution in [0.25, 0.3) is 11.0 Å². The number of para-hydroxylation sites is 2. The molecule has 0 N–H and O–H groups in total. The number of rotatable bonds is 4. The molecular weight excluding hydrogens is 390 g/mol. The Morgan fingerprint density at radius 2 is 2.10 bits per heavy atom. The maximum Gasteiger partial charge on any atom is 0.291 e. The Bertz CT molecular complexity index is 1300. The lowest BCUT2D eigenvalue weighted by Gasteiger charge is -2.24. The van der Waals surface area contributed by atoms with Crippen LogP contribution in [0.4, 0.5) is 0 Å². The largest absolute Gasteiger partial charge is 0.494 e. The molecule has 0 saturated heterocycles. The number of benzene rings is 2. The van der Waals surface area contributed by atoms with Crippen LogP contribution in [0.3, 0.4) is 0 Å². The van der Waals surface area contributed by atoms with Gasteiger partial charge in [-0.2, -0.15) is 9.50 Å². The molecule has 0 spiro atoms. The zero-order valence-electron chi connectivity index (χ0n) is 15.6. The topological polar surface area (TPSA) is 74.9 Å². The summed E-state index contributed by atoms with van der Waals surface area (Å²) in [6.07, 6.45) is 1.37. The van der Waals surface area contributed by atoms with Crippen molar-refractivity contribution in [2.24, 2.45) is 0 Å². The molecule has 146 valence electrons. The minimum absolute atomic E-state index is 0.206. The van der Waals surface area contributed by atoms with Crippen molar-refractivity contribution in [1.82, 2.24) is 14.6 Å². The van der Waals surface area contributed by atoms with Crippen LogP contribution < -0.4 is 24.3 Å². The highest BCUT2D eigenvalue weighted by Gasteiger charge is 2.27. The highest BCUT2D eigenvalue weighted by molar-refractivity contribution is 7.15. The van der Waals surface area contributed by atoms with E-state index in [-0.39, 0.29) is 5.56 Å². The molecule has 0 aliphatic carbocycles. The predicted molar refractivity (Wildman–Crippen MR) is 109 cm³/mol. The first-order chi connectivity index (χ1) is 14.2. The van der Waals surface area contributed by atoms with Gasteiger partial charge in [0.2, 0.25) is 4.96 Å². The molecule has 0 amide bonds. The summed E-state index contributed by atoms with van der Waals surface area (Å²) in [5.74, 6) is 2.55. The number of nitrogens with zero attached hydrogens (tertiary/aromatic N) is 3. The van der Waals surface area contributed by atoms with Crippen molar-refractivity contribution in [3.05, 3.63) is 74.8 Å². The minimum Gasteiger partial charge on any atom is -0.494 e. The van der Waals surface area contributed by atoms with Gasteiger partial charge in [-0.05, 0) is 42.8 Å². The van der Waals surface area contributed by atoms with Crippen LogP contribution >= 0.6 is 11.3 Å². The van der Waals surface area contributed by atoms with Gasteiger partial charge in [0, 0.05) is 0 Å². The lowest BCUT2D eigenvalue weighted by atomic mass is 10.2. The SMILES string of the molecule is CCOc1cccc(C=c2sc3nc(C4COc5ccccc5O4)nn3c2=O)c1. The molecule has 1 atom stereocenters. The van der Waals surface area contributed by atoms with Crippen molar-refractivity contribution in [3.8, 4) is 17.2 Å². The number of thiazole rings is 1. The molecule has 1 unspecified atom stereocenters. The van der Waals surface area contributed by atoms with Crippen molar-refractivity contribution < 1.29 is 14.2 Å². The Morgan fingerprint density at radius 1 is 1.24 bits per heavy atom. The van der Waals surface area contributed by atoms with Gasteiger partial charge in [0.15, 0.2) is 23.4 Å². The van der Waals surface area contributed by atoms with Gasteiger partial charge in [0.1, 0.15) is 12.4 Å².